The van der Waals surface area contributed by atoms with Crippen LogP contribution >= 0.6 is 0 Å². The van der Waals surface area contributed by atoms with Crippen LogP contribution in [0.15, 0.2) is 30.3 Å². The molecule has 3 aliphatic carbocycles. The summed E-state index contributed by atoms with van der Waals surface area (Å²) in [5.74, 6) is 0.939. The summed E-state index contributed by atoms with van der Waals surface area (Å²) in [5, 5.41) is 11.3. The third kappa shape index (κ3) is 2.60. The first kappa shape index (κ1) is 16.0. The minimum absolute atomic E-state index is 0.0925. The van der Waals surface area contributed by atoms with Gasteiger partial charge in [-0.05, 0) is 42.6 Å². The average Bonchev–Trinajstić information content (AvgIpc) is 2.50. The highest BCUT2D eigenvalue weighted by molar-refractivity contribution is 5.16. The molecule has 4 atom stereocenters. The molecule has 0 heterocycles. The highest BCUT2D eigenvalue weighted by Crippen LogP contribution is 2.63. The minimum atomic E-state index is -0.858. The summed E-state index contributed by atoms with van der Waals surface area (Å²) in [6.07, 6.45) is 1.95. The fourth-order valence-corrected chi connectivity index (χ4v) is 4.46. The van der Waals surface area contributed by atoms with E-state index in [0.717, 1.165) is 18.4 Å². The molecule has 4 rings (SSSR count). The Balaban J connectivity index is 1.67. The highest BCUT2D eigenvalue weighted by Gasteiger charge is 2.65. The van der Waals surface area contributed by atoms with Crippen molar-refractivity contribution in [3.05, 3.63) is 35.9 Å². The Bertz CT molecular complexity index is 499. The van der Waals surface area contributed by atoms with Crippen molar-refractivity contribution in [2.45, 2.75) is 51.9 Å². The first-order chi connectivity index (χ1) is 10.5. The molecule has 3 heteroatoms. The van der Waals surface area contributed by atoms with Crippen LogP contribution < -0.4 is 0 Å². The third-order valence-electron chi connectivity index (χ3n) is 5.94. The quantitative estimate of drug-likeness (QED) is 0.875. The summed E-state index contributed by atoms with van der Waals surface area (Å²) in [7, 11) is 0. The highest BCUT2D eigenvalue weighted by atomic mass is 16.5. The van der Waals surface area contributed by atoms with E-state index in [1.165, 1.54) is 0 Å². The van der Waals surface area contributed by atoms with Crippen molar-refractivity contribution in [3.63, 3.8) is 0 Å². The molecule has 0 aliphatic heterocycles. The first-order valence-corrected chi connectivity index (χ1v) is 8.44. The Hall–Kier alpha value is -0.900. The van der Waals surface area contributed by atoms with E-state index >= 15 is 0 Å². The van der Waals surface area contributed by atoms with Gasteiger partial charge in [-0.15, -0.1) is 0 Å². The topological polar surface area (TPSA) is 38.7 Å². The van der Waals surface area contributed by atoms with E-state index in [2.05, 4.69) is 13.8 Å². The van der Waals surface area contributed by atoms with Gasteiger partial charge >= 0.3 is 0 Å². The Labute approximate surface area is 133 Å². The number of hydrogen-bond donors (Lipinski definition) is 1. The van der Waals surface area contributed by atoms with E-state index in [9.17, 15) is 5.11 Å². The molecule has 0 amide bonds. The molecule has 0 unspecified atom stereocenters. The number of benzene rings is 1. The Morgan fingerprint density at radius 3 is 2.55 bits per heavy atom. The maximum Gasteiger partial charge on any atom is 0.117 e. The number of hydrogen-bond acceptors (Lipinski definition) is 3. The van der Waals surface area contributed by atoms with Crippen LogP contribution in [0.25, 0.3) is 0 Å². The number of aliphatic hydroxyl groups is 1. The molecule has 22 heavy (non-hydrogen) atoms. The van der Waals surface area contributed by atoms with E-state index < -0.39 is 5.60 Å². The van der Waals surface area contributed by atoms with Crippen LogP contribution in [0.5, 0.6) is 0 Å². The molecular weight excluding hydrogens is 276 g/mol. The smallest absolute Gasteiger partial charge is 0.117 e. The maximum atomic E-state index is 11.3. The molecule has 0 saturated heterocycles. The van der Waals surface area contributed by atoms with E-state index in [0.29, 0.717) is 25.7 Å². The van der Waals surface area contributed by atoms with Crippen molar-refractivity contribution in [2.75, 3.05) is 13.2 Å². The Morgan fingerprint density at radius 2 is 1.91 bits per heavy atom. The predicted octanol–water partition coefficient (Wildman–Crippen LogP) is 3.41. The lowest BCUT2D eigenvalue weighted by atomic mass is 9.43. The second kappa shape index (κ2) is 5.95. The zero-order chi connectivity index (χ0) is 15.8. The number of rotatable bonds is 6. The standard InChI is InChI=1S/C19H28O3/c1-4-22-17-11-15-10-16(18(15,2)3)19(17,20)13-21-12-14-8-6-5-7-9-14/h5-9,15-17,20H,4,10-13H2,1-3H3/t15-,16-,17+,19-/m1/s1. The van der Waals surface area contributed by atoms with Gasteiger partial charge in [0.15, 0.2) is 0 Å². The van der Waals surface area contributed by atoms with Gasteiger partial charge < -0.3 is 14.6 Å². The molecule has 0 radical (unpaired) electrons. The van der Waals surface area contributed by atoms with Crippen molar-refractivity contribution >= 4 is 0 Å². The molecular formula is C19H28O3. The zero-order valence-electron chi connectivity index (χ0n) is 13.9. The van der Waals surface area contributed by atoms with E-state index in [-0.39, 0.29) is 17.4 Å². The minimum Gasteiger partial charge on any atom is -0.384 e. The van der Waals surface area contributed by atoms with Gasteiger partial charge in [-0.2, -0.15) is 0 Å². The largest absolute Gasteiger partial charge is 0.384 e. The summed E-state index contributed by atoms with van der Waals surface area (Å²) in [4.78, 5) is 0. The maximum absolute atomic E-state index is 11.3. The summed E-state index contributed by atoms with van der Waals surface area (Å²) >= 11 is 0. The van der Waals surface area contributed by atoms with Crippen LogP contribution in [-0.2, 0) is 16.1 Å². The summed E-state index contributed by atoms with van der Waals surface area (Å²) in [5.41, 5.74) is 0.474. The molecule has 3 nitrogen and oxygen atoms in total. The third-order valence-corrected chi connectivity index (χ3v) is 5.94. The van der Waals surface area contributed by atoms with Crippen molar-refractivity contribution in [1.29, 1.82) is 0 Å². The van der Waals surface area contributed by atoms with Crippen LogP contribution in [0, 0.1) is 17.3 Å². The molecule has 3 aliphatic rings. The second-order valence-electron chi connectivity index (χ2n) is 7.46. The molecule has 0 aromatic heterocycles. The summed E-state index contributed by atoms with van der Waals surface area (Å²) in [6.45, 7) is 8.08. The Kier molecular flexibility index (Phi) is 4.32. The summed E-state index contributed by atoms with van der Waals surface area (Å²) < 4.78 is 11.8. The Morgan fingerprint density at radius 1 is 1.18 bits per heavy atom. The normalized spacial score (nSPS) is 35.9. The van der Waals surface area contributed by atoms with Gasteiger partial charge in [-0.1, -0.05) is 44.2 Å². The molecule has 1 aromatic rings. The van der Waals surface area contributed by atoms with E-state index in [1.54, 1.807) is 0 Å². The van der Waals surface area contributed by atoms with Crippen molar-refractivity contribution in [2.24, 2.45) is 17.3 Å². The molecule has 0 spiro atoms. The van der Waals surface area contributed by atoms with Gasteiger partial charge in [0, 0.05) is 6.61 Å². The average molecular weight is 304 g/mol. The van der Waals surface area contributed by atoms with Crippen LogP contribution in [0.1, 0.15) is 39.2 Å². The van der Waals surface area contributed by atoms with Gasteiger partial charge in [-0.25, -0.2) is 0 Å². The van der Waals surface area contributed by atoms with Crippen molar-refractivity contribution in [1.82, 2.24) is 0 Å². The monoisotopic (exact) mass is 304 g/mol. The predicted molar refractivity (Wildman–Crippen MR) is 86.5 cm³/mol. The van der Waals surface area contributed by atoms with Gasteiger partial charge in [0.25, 0.3) is 0 Å². The van der Waals surface area contributed by atoms with Gasteiger partial charge in [0.05, 0.1) is 19.3 Å². The van der Waals surface area contributed by atoms with Crippen LogP contribution in [-0.4, -0.2) is 30.0 Å². The SMILES string of the molecule is CCO[C@H]1C[C@H]2C[C@H](C2(C)C)[C@]1(O)COCc1ccccc1. The van der Waals surface area contributed by atoms with Gasteiger partial charge in [-0.3, -0.25) is 0 Å². The fraction of sp³-hybridized carbons (Fsp3) is 0.684. The zero-order valence-corrected chi connectivity index (χ0v) is 13.9. The lowest BCUT2D eigenvalue weighted by Crippen LogP contribution is -2.69. The van der Waals surface area contributed by atoms with E-state index in [1.807, 2.05) is 37.3 Å². The number of fused-ring (bicyclic) bond motifs is 2. The molecule has 1 aromatic carbocycles. The van der Waals surface area contributed by atoms with Gasteiger partial charge in [0.1, 0.15) is 5.60 Å². The fourth-order valence-electron chi connectivity index (χ4n) is 4.46. The molecule has 1 N–H and O–H groups in total. The molecule has 3 fully saturated rings. The molecule has 2 bridgehead atoms. The second-order valence-corrected chi connectivity index (χ2v) is 7.46. The lowest BCUT2D eigenvalue weighted by Gasteiger charge is -2.65. The van der Waals surface area contributed by atoms with Crippen LogP contribution in [0.3, 0.4) is 0 Å². The molecule has 122 valence electrons. The first-order valence-electron chi connectivity index (χ1n) is 8.44. The molecule has 3 saturated carbocycles. The van der Waals surface area contributed by atoms with E-state index in [4.69, 9.17) is 9.47 Å². The van der Waals surface area contributed by atoms with Crippen molar-refractivity contribution < 1.29 is 14.6 Å². The lowest BCUT2D eigenvalue weighted by molar-refractivity contribution is -0.280. The van der Waals surface area contributed by atoms with Gasteiger partial charge in [0.2, 0.25) is 0 Å². The number of ether oxygens (including phenoxy) is 2. The summed E-state index contributed by atoms with van der Waals surface area (Å²) in [6, 6.07) is 10.1. The van der Waals surface area contributed by atoms with Crippen molar-refractivity contribution in [3.8, 4) is 0 Å². The van der Waals surface area contributed by atoms with Crippen LogP contribution in [0.4, 0.5) is 0 Å². The van der Waals surface area contributed by atoms with Crippen LogP contribution in [0.2, 0.25) is 0 Å².